The lowest BCUT2D eigenvalue weighted by atomic mass is 9.91. The minimum Gasteiger partial charge on any atom is -0.426 e. The molecule has 5 heteroatoms. The smallest absolute Gasteiger partial charge is 0.316 e. The van der Waals surface area contributed by atoms with Gasteiger partial charge in [0.25, 0.3) is 5.91 Å². The number of halogens is 1. The summed E-state index contributed by atoms with van der Waals surface area (Å²) in [6.45, 7) is 5.59. The molecule has 162 valence electrons. The van der Waals surface area contributed by atoms with Crippen LogP contribution < -0.4 is 10.1 Å². The average molecular weight is 429 g/mol. The topological polar surface area (TPSA) is 55.4 Å². The fourth-order valence-corrected chi connectivity index (χ4v) is 2.58. The van der Waals surface area contributed by atoms with Crippen LogP contribution in [0, 0.1) is 23.1 Å². The van der Waals surface area contributed by atoms with Crippen LogP contribution in [0.4, 0.5) is 10.1 Å². The number of anilines is 1. The van der Waals surface area contributed by atoms with Gasteiger partial charge in [-0.3, -0.25) is 9.59 Å². The SMILES string of the molecule is CCC(C)(C)C(=O)Oc1ccc(C(=O)Nc2ccc(C#Cc3ccc(F)cc3)cc2)cc1. The normalized spacial score (nSPS) is 10.6. The van der Waals surface area contributed by atoms with Crippen LogP contribution in [0.1, 0.15) is 48.7 Å². The Bertz CT molecular complexity index is 1150. The van der Waals surface area contributed by atoms with Crippen LogP contribution in [-0.2, 0) is 4.79 Å². The van der Waals surface area contributed by atoms with Gasteiger partial charge in [-0.15, -0.1) is 0 Å². The van der Waals surface area contributed by atoms with E-state index in [2.05, 4.69) is 17.2 Å². The van der Waals surface area contributed by atoms with Crippen LogP contribution in [0.2, 0.25) is 0 Å². The predicted octanol–water partition coefficient (Wildman–Crippen LogP) is 5.82. The first-order valence-electron chi connectivity index (χ1n) is 10.3. The first kappa shape index (κ1) is 22.8. The van der Waals surface area contributed by atoms with Crippen LogP contribution >= 0.6 is 0 Å². The summed E-state index contributed by atoms with van der Waals surface area (Å²) in [6, 6.07) is 19.5. The summed E-state index contributed by atoms with van der Waals surface area (Å²) in [5, 5.41) is 2.82. The number of carbonyl (C=O) groups excluding carboxylic acids is 2. The lowest BCUT2D eigenvalue weighted by molar-refractivity contribution is -0.144. The van der Waals surface area contributed by atoms with Crippen LogP contribution in [0.15, 0.2) is 72.8 Å². The van der Waals surface area contributed by atoms with E-state index in [4.69, 9.17) is 4.74 Å². The zero-order valence-corrected chi connectivity index (χ0v) is 18.2. The number of rotatable bonds is 5. The highest BCUT2D eigenvalue weighted by molar-refractivity contribution is 6.04. The zero-order chi connectivity index (χ0) is 23.1. The maximum absolute atomic E-state index is 12.9. The highest BCUT2D eigenvalue weighted by atomic mass is 19.1. The molecule has 4 nitrogen and oxygen atoms in total. The van der Waals surface area contributed by atoms with Crippen LogP contribution in [0.3, 0.4) is 0 Å². The van der Waals surface area contributed by atoms with Crippen molar-refractivity contribution in [3.05, 3.63) is 95.3 Å². The second-order valence-corrected chi connectivity index (χ2v) is 7.94. The first-order valence-corrected chi connectivity index (χ1v) is 10.3. The first-order chi connectivity index (χ1) is 15.3. The third kappa shape index (κ3) is 6.05. The quantitative estimate of drug-likeness (QED) is 0.316. The maximum Gasteiger partial charge on any atom is 0.316 e. The van der Waals surface area contributed by atoms with E-state index in [9.17, 15) is 14.0 Å². The largest absolute Gasteiger partial charge is 0.426 e. The van der Waals surface area contributed by atoms with E-state index < -0.39 is 5.41 Å². The lowest BCUT2D eigenvalue weighted by Crippen LogP contribution is -2.28. The van der Waals surface area contributed by atoms with Gasteiger partial charge in [0.1, 0.15) is 11.6 Å². The molecule has 32 heavy (non-hydrogen) atoms. The van der Waals surface area contributed by atoms with E-state index in [0.29, 0.717) is 23.4 Å². The number of carbonyl (C=O) groups is 2. The minimum absolute atomic E-state index is 0.276. The van der Waals surface area contributed by atoms with Crippen LogP contribution in [0.25, 0.3) is 0 Å². The van der Waals surface area contributed by atoms with Gasteiger partial charge in [0.2, 0.25) is 0 Å². The van der Waals surface area contributed by atoms with Crippen molar-refractivity contribution >= 4 is 17.6 Å². The highest BCUT2D eigenvalue weighted by Gasteiger charge is 2.27. The summed E-state index contributed by atoms with van der Waals surface area (Å²) in [6.07, 6.45) is 0.670. The van der Waals surface area contributed by atoms with Gasteiger partial charge in [-0.25, -0.2) is 4.39 Å². The Hall–Kier alpha value is -3.91. The van der Waals surface area contributed by atoms with E-state index >= 15 is 0 Å². The van der Waals surface area contributed by atoms with Crippen LogP contribution in [0.5, 0.6) is 5.75 Å². The van der Waals surface area contributed by atoms with E-state index in [1.54, 1.807) is 60.7 Å². The van der Waals surface area contributed by atoms with E-state index in [0.717, 1.165) is 11.1 Å². The zero-order valence-electron chi connectivity index (χ0n) is 18.2. The molecule has 0 aliphatic heterocycles. The van der Waals surface area contributed by atoms with Gasteiger partial charge >= 0.3 is 5.97 Å². The number of hydrogen-bond donors (Lipinski definition) is 1. The summed E-state index contributed by atoms with van der Waals surface area (Å²) in [4.78, 5) is 24.7. The number of benzene rings is 3. The van der Waals surface area contributed by atoms with Crippen molar-refractivity contribution in [2.75, 3.05) is 5.32 Å². The molecule has 0 fully saturated rings. The molecular weight excluding hydrogens is 405 g/mol. The van der Waals surface area contributed by atoms with Gasteiger partial charge in [-0.2, -0.15) is 0 Å². The van der Waals surface area contributed by atoms with E-state index in [-0.39, 0.29) is 17.7 Å². The number of nitrogens with one attached hydrogen (secondary N) is 1. The Morgan fingerprint density at radius 1 is 0.875 bits per heavy atom. The van der Waals surface area contributed by atoms with Crippen molar-refractivity contribution in [2.24, 2.45) is 5.41 Å². The number of hydrogen-bond acceptors (Lipinski definition) is 3. The number of amides is 1. The maximum atomic E-state index is 12.9. The molecule has 1 N–H and O–H groups in total. The molecule has 0 aliphatic rings. The molecule has 0 spiro atoms. The molecule has 3 aromatic rings. The summed E-state index contributed by atoms with van der Waals surface area (Å²) in [5.74, 6) is 5.49. The fraction of sp³-hybridized carbons (Fsp3) is 0.185. The average Bonchev–Trinajstić information content (AvgIpc) is 2.80. The molecule has 0 saturated heterocycles. The molecule has 0 aromatic heterocycles. The van der Waals surface area contributed by atoms with Gasteiger partial charge in [0, 0.05) is 22.4 Å². The highest BCUT2D eigenvalue weighted by Crippen LogP contribution is 2.24. The second-order valence-electron chi connectivity index (χ2n) is 7.94. The van der Waals surface area contributed by atoms with Gasteiger partial charge in [0.15, 0.2) is 0 Å². The molecule has 1 amide bonds. The molecule has 3 aromatic carbocycles. The van der Waals surface area contributed by atoms with Crippen LogP contribution in [-0.4, -0.2) is 11.9 Å². The van der Waals surface area contributed by atoms with Crippen molar-refractivity contribution in [1.82, 2.24) is 0 Å². The summed E-state index contributed by atoms with van der Waals surface area (Å²) < 4.78 is 18.3. The van der Waals surface area contributed by atoms with Gasteiger partial charge < -0.3 is 10.1 Å². The van der Waals surface area contributed by atoms with Crippen molar-refractivity contribution < 1.29 is 18.7 Å². The summed E-state index contributed by atoms with van der Waals surface area (Å²) in [5.41, 5.74) is 2.00. The fourth-order valence-electron chi connectivity index (χ4n) is 2.58. The summed E-state index contributed by atoms with van der Waals surface area (Å²) in [7, 11) is 0. The Labute approximate surface area is 187 Å². The Morgan fingerprint density at radius 3 is 1.94 bits per heavy atom. The molecule has 0 radical (unpaired) electrons. The number of esters is 1. The standard InChI is InChI=1S/C27H24FNO3/c1-4-27(2,3)26(31)32-24-17-11-21(12-18-24)25(30)29-23-15-9-20(10-16-23)6-5-19-7-13-22(28)14-8-19/h7-18H,4H2,1-3H3,(H,29,30). The van der Waals surface area contributed by atoms with E-state index in [1.807, 2.05) is 20.8 Å². The van der Waals surface area contributed by atoms with E-state index in [1.165, 1.54) is 12.1 Å². The third-order valence-electron chi connectivity index (χ3n) is 5.10. The second kappa shape index (κ2) is 9.93. The third-order valence-corrected chi connectivity index (χ3v) is 5.10. The van der Waals surface area contributed by atoms with Crippen molar-refractivity contribution in [1.29, 1.82) is 0 Å². The minimum atomic E-state index is -0.564. The van der Waals surface area contributed by atoms with Gasteiger partial charge in [-0.1, -0.05) is 18.8 Å². The van der Waals surface area contributed by atoms with Crippen molar-refractivity contribution in [2.45, 2.75) is 27.2 Å². The van der Waals surface area contributed by atoms with Gasteiger partial charge in [0.05, 0.1) is 5.41 Å². The molecule has 3 rings (SSSR count). The molecule has 0 heterocycles. The van der Waals surface area contributed by atoms with Crippen molar-refractivity contribution in [3.63, 3.8) is 0 Å². The molecule has 0 aliphatic carbocycles. The lowest BCUT2D eigenvalue weighted by Gasteiger charge is -2.20. The number of ether oxygens (including phenoxy) is 1. The monoisotopic (exact) mass is 429 g/mol. The molecule has 0 saturated carbocycles. The Kier molecular flexibility index (Phi) is 7.07. The van der Waals surface area contributed by atoms with Gasteiger partial charge in [-0.05, 0) is 93.1 Å². The van der Waals surface area contributed by atoms with Crippen molar-refractivity contribution in [3.8, 4) is 17.6 Å². The molecular formula is C27H24FNO3. The predicted molar refractivity (Wildman–Crippen MR) is 123 cm³/mol. The Morgan fingerprint density at radius 2 is 1.41 bits per heavy atom. The summed E-state index contributed by atoms with van der Waals surface area (Å²) >= 11 is 0. The molecule has 0 atom stereocenters. The molecule has 0 bridgehead atoms. The Balaban J connectivity index is 1.60. The molecule has 0 unspecified atom stereocenters.